The number of hydrogen-bond donors (Lipinski definition) is 1. The minimum atomic E-state index is -0.703. The largest absolute Gasteiger partial charge is 0.355 e. The van der Waals surface area contributed by atoms with Crippen molar-refractivity contribution in [1.29, 1.82) is 0 Å². The van der Waals surface area contributed by atoms with Crippen LogP contribution in [0.15, 0.2) is 48.5 Å². The molecule has 0 spiro atoms. The van der Waals surface area contributed by atoms with E-state index >= 15 is 0 Å². The maximum Gasteiger partial charge on any atom is 0.242 e. The van der Waals surface area contributed by atoms with Crippen molar-refractivity contribution in [2.24, 2.45) is 0 Å². The fourth-order valence-electron chi connectivity index (χ4n) is 2.62. The van der Waals surface area contributed by atoms with Crippen LogP contribution >= 0.6 is 11.6 Å². The molecule has 0 heterocycles. The van der Waals surface area contributed by atoms with Crippen molar-refractivity contribution < 1.29 is 14.0 Å². The number of nitrogens with zero attached hydrogens (tertiary/aromatic N) is 1. The van der Waals surface area contributed by atoms with Gasteiger partial charge in [-0.3, -0.25) is 9.59 Å². The Morgan fingerprint density at radius 2 is 1.73 bits per heavy atom. The Kier molecular flexibility index (Phi) is 7.16. The van der Waals surface area contributed by atoms with Crippen LogP contribution in [0.25, 0.3) is 0 Å². The summed E-state index contributed by atoms with van der Waals surface area (Å²) in [4.78, 5) is 26.6. The highest BCUT2D eigenvalue weighted by Gasteiger charge is 2.26. The third kappa shape index (κ3) is 5.05. The van der Waals surface area contributed by atoms with E-state index in [2.05, 4.69) is 5.32 Å². The molecule has 2 rings (SSSR count). The van der Waals surface area contributed by atoms with Crippen LogP contribution in [0.1, 0.15) is 25.0 Å². The molecular formula is C20H22ClFN2O2. The lowest BCUT2D eigenvalue weighted by atomic mass is 10.1. The summed E-state index contributed by atoms with van der Waals surface area (Å²) < 4.78 is 13.9. The average Bonchev–Trinajstić information content (AvgIpc) is 2.62. The topological polar surface area (TPSA) is 49.4 Å². The SMILES string of the molecule is CCNC(=O)[C@H](C)N(Cc1ccccc1Cl)C(=O)Cc1ccccc1F. The summed E-state index contributed by atoms with van der Waals surface area (Å²) in [6.45, 7) is 4.10. The van der Waals surface area contributed by atoms with Gasteiger partial charge in [-0.25, -0.2) is 4.39 Å². The fraction of sp³-hybridized carbons (Fsp3) is 0.300. The molecule has 0 aromatic heterocycles. The minimum absolute atomic E-state index is 0.124. The molecule has 0 saturated heterocycles. The third-order valence-corrected chi connectivity index (χ3v) is 4.49. The monoisotopic (exact) mass is 376 g/mol. The first kappa shape index (κ1) is 19.9. The Labute approximate surface area is 158 Å². The van der Waals surface area contributed by atoms with Gasteiger partial charge in [0.1, 0.15) is 11.9 Å². The first-order valence-corrected chi connectivity index (χ1v) is 8.85. The quantitative estimate of drug-likeness (QED) is 0.803. The van der Waals surface area contributed by atoms with Crippen LogP contribution in [0.5, 0.6) is 0 Å². The Balaban J connectivity index is 2.27. The standard InChI is InChI=1S/C20H22ClFN2O2/c1-3-23-20(26)14(2)24(13-16-9-4-6-10-17(16)21)19(25)12-15-8-5-7-11-18(15)22/h4-11,14H,3,12-13H2,1-2H3,(H,23,26)/t14-/m0/s1. The summed E-state index contributed by atoms with van der Waals surface area (Å²) >= 11 is 6.21. The molecule has 6 heteroatoms. The van der Waals surface area contributed by atoms with E-state index in [9.17, 15) is 14.0 Å². The van der Waals surface area contributed by atoms with E-state index in [4.69, 9.17) is 11.6 Å². The Hall–Kier alpha value is -2.40. The molecule has 2 amide bonds. The van der Waals surface area contributed by atoms with E-state index < -0.39 is 11.9 Å². The number of nitrogens with one attached hydrogen (secondary N) is 1. The molecular weight excluding hydrogens is 355 g/mol. The normalized spacial score (nSPS) is 11.7. The van der Waals surface area contributed by atoms with E-state index in [0.29, 0.717) is 17.1 Å². The summed E-state index contributed by atoms with van der Waals surface area (Å²) in [5, 5.41) is 3.23. The van der Waals surface area contributed by atoms with Crippen LogP contribution in [0.4, 0.5) is 4.39 Å². The van der Waals surface area contributed by atoms with Crippen molar-refractivity contribution in [1.82, 2.24) is 10.2 Å². The van der Waals surface area contributed by atoms with E-state index in [1.54, 1.807) is 43.3 Å². The van der Waals surface area contributed by atoms with Crippen molar-refractivity contribution in [3.63, 3.8) is 0 Å². The summed E-state index contributed by atoms with van der Waals surface area (Å²) in [5.41, 5.74) is 1.02. The number of benzene rings is 2. The molecule has 0 saturated carbocycles. The predicted molar refractivity (Wildman–Crippen MR) is 100 cm³/mol. The highest BCUT2D eigenvalue weighted by molar-refractivity contribution is 6.31. The number of halogens is 2. The first-order valence-electron chi connectivity index (χ1n) is 8.48. The second kappa shape index (κ2) is 9.34. The molecule has 0 aliphatic rings. The molecule has 1 N–H and O–H groups in total. The van der Waals surface area contributed by atoms with E-state index in [1.165, 1.54) is 11.0 Å². The zero-order valence-corrected chi connectivity index (χ0v) is 15.6. The van der Waals surface area contributed by atoms with Crippen LogP contribution in [-0.4, -0.2) is 29.3 Å². The van der Waals surface area contributed by atoms with Crippen molar-refractivity contribution in [3.8, 4) is 0 Å². The lowest BCUT2D eigenvalue weighted by Crippen LogP contribution is -2.48. The van der Waals surface area contributed by atoms with Crippen LogP contribution in [0.3, 0.4) is 0 Å². The Morgan fingerprint density at radius 1 is 1.12 bits per heavy atom. The smallest absolute Gasteiger partial charge is 0.242 e. The van der Waals surface area contributed by atoms with E-state index in [-0.39, 0.29) is 24.8 Å². The van der Waals surface area contributed by atoms with Crippen molar-refractivity contribution in [3.05, 3.63) is 70.5 Å². The van der Waals surface area contributed by atoms with Crippen LogP contribution in [0.2, 0.25) is 5.02 Å². The van der Waals surface area contributed by atoms with Gasteiger partial charge in [-0.05, 0) is 37.1 Å². The van der Waals surface area contributed by atoms with Gasteiger partial charge in [0.05, 0.1) is 6.42 Å². The molecule has 0 bridgehead atoms. The second-order valence-electron chi connectivity index (χ2n) is 5.95. The van der Waals surface area contributed by atoms with E-state index in [1.807, 2.05) is 13.0 Å². The highest BCUT2D eigenvalue weighted by Crippen LogP contribution is 2.20. The van der Waals surface area contributed by atoms with Gasteiger partial charge in [0.25, 0.3) is 0 Å². The van der Waals surface area contributed by atoms with Gasteiger partial charge in [0, 0.05) is 18.1 Å². The first-order chi connectivity index (χ1) is 12.4. The lowest BCUT2D eigenvalue weighted by molar-refractivity contribution is -0.140. The van der Waals surface area contributed by atoms with Gasteiger partial charge in [-0.1, -0.05) is 48.0 Å². The number of carbonyl (C=O) groups is 2. The van der Waals surface area contributed by atoms with Crippen molar-refractivity contribution >= 4 is 23.4 Å². The van der Waals surface area contributed by atoms with Gasteiger partial charge >= 0.3 is 0 Å². The van der Waals surface area contributed by atoms with Crippen LogP contribution < -0.4 is 5.32 Å². The fourth-order valence-corrected chi connectivity index (χ4v) is 2.82. The zero-order valence-electron chi connectivity index (χ0n) is 14.8. The highest BCUT2D eigenvalue weighted by atomic mass is 35.5. The van der Waals surface area contributed by atoms with Crippen molar-refractivity contribution in [2.45, 2.75) is 32.9 Å². The van der Waals surface area contributed by atoms with Gasteiger partial charge < -0.3 is 10.2 Å². The molecule has 0 aliphatic carbocycles. The number of hydrogen-bond acceptors (Lipinski definition) is 2. The number of likely N-dealkylation sites (N-methyl/N-ethyl adjacent to an activating group) is 1. The minimum Gasteiger partial charge on any atom is -0.355 e. The number of carbonyl (C=O) groups excluding carboxylic acids is 2. The number of amides is 2. The molecule has 0 fully saturated rings. The average molecular weight is 377 g/mol. The summed E-state index contributed by atoms with van der Waals surface area (Å²) in [6, 6.07) is 12.6. The van der Waals surface area contributed by atoms with Crippen LogP contribution in [-0.2, 0) is 22.6 Å². The Morgan fingerprint density at radius 3 is 2.35 bits per heavy atom. The molecule has 2 aromatic rings. The second-order valence-corrected chi connectivity index (χ2v) is 6.36. The predicted octanol–water partition coefficient (Wildman–Crippen LogP) is 3.58. The van der Waals surface area contributed by atoms with Gasteiger partial charge in [-0.2, -0.15) is 0 Å². The van der Waals surface area contributed by atoms with Crippen LogP contribution in [0, 0.1) is 5.82 Å². The molecule has 0 aliphatic heterocycles. The van der Waals surface area contributed by atoms with Gasteiger partial charge in [0.15, 0.2) is 0 Å². The zero-order chi connectivity index (χ0) is 19.1. The molecule has 0 radical (unpaired) electrons. The summed E-state index contributed by atoms with van der Waals surface area (Å²) in [7, 11) is 0. The summed E-state index contributed by atoms with van der Waals surface area (Å²) in [6.07, 6.45) is -0.124. The molecule has 2 aromatic carbocycles. The summed E-state index contributed by atoms with van der Waals surface area (Å²) in [5.74, 6) is -1.04. The van der Waals surface area contributed by atoms with Gasteiger partial charge in [0.2, 0.25) is 11.8 Å². The maximum absolute atomic E-state index is 13.9. The molecule has 26 heavy (non-hydrogen) atoms. The lowest BCUT2D eigenvalue weighted by Gasteiger charge is -2.29. The number of rotatable bonds is 7. The van der Waals surface area contributed by atoms with E-state index in [0.717, 1.165) is 5.56 Å². The Bertz CT molecular complexity index is 782. The molecule has 138 valence electrons. The van der Waals surface area contributed by atoms with Gasteiger partial charge in [-0.15, -0.1) is 0 Å². The molecule has 1 atom stereocenters. The third-order valence-electron chi connectivity index (χ3n) is 4.12. The molecule has 0 unspecified atom stereocenters. The molecule has 4 nitrogen and oxygen atoms in total. The maximum atomic E-state index is 13.9. The van der Waals surface area contributed by atoms with Crippen molar-refractivity contribution in [2.75, 3.05) is 6.54 Å².